The van der Waals surface area contributed by atoms with Gasteiger partial charge >= 0.3 is 5.97 Å². The lowest BCUT2D eigenvalue weighted by Crippen LogP contribution is -2.38. The molecule has 3 nitrogen and oxygen atoms in total. The van der Waals surface area contributed by atoms with Gasteiger partial charge in [0, 0.05) is 23.7 Å². The Hall–Kier alpha value is -2.52. The van der Waals surface area contributed by atoms with Crippen molar-refractivity contribution in [3.63, 3.8) is 0 Å². The molecule has 3 aromatic rings. The van der Waals surface area contributed by atoms with Crippen LogP contribution in [-0.2, 0) is 17.8 Å². The van der Waals surface area contributed by atoms with E-state index in [1.807, 2.05) is 41.3 Å². The van der Waals surface area contributed by atoms with Crippen molar-refractivity contribution in [1.82, 2.24) is 0 Å². The molecule has 0 bridgehead atoms. The normalized spacial score (nSPS) is 16.4. The Balaban J connectivity index is 1.79. The van der Waals surface area contributed by atoms with Crippen LogP contribution in [0.3, 0.4) is 0 Å². The van der Waals surface area contributed by atoms with Gasteiger partial charge in [-0.3, -0.25) is 0 Å². The minimum atomic E-state index is -0.803. The second-order valence-electron chi connectivity index (χ2n) is 6.10. The number of fused-ring (bicyclic) bond motifs is 2. The maximum Gasteiger partial charge on any atom is 0.326 e. The predicted octanol–water partition coefficient (Wildman–Crippen LogP) is 4.51. The van der Waals surface area contributed by atoms with E-state index < -0.39 is 12.0 Å². The number of rotatable bonds is 3. The summed E-state index contributed by atoms with van der Waals surface area (Å²) < 4.78 is 0. The van der Waals surface area contributed by atoms with Crippen LogP contribution in [0.25, 0.3) is 10.8 Å². The second-order valence-corrected chi connectivity index (χ2v) is 6.53. The molecule has 1 atom stereocenters. The van der Waals surface area contributed by atoms with Gasteiger partial charge in [0.25, 0.3) is 0 Å². The number of carbonyl (C=O) groups is 1. The van der Waals surface area contributed by atoms with Gasteiger partial charge in [-0.2, -0.15) is 0 Å². The van der Waals surface area contributed by atoms with Gasteiger partial charge in [-0.25, -0.2) is 4.79 Å². The minimum absolute atomic E-state index is 0.507. The smallest absolute Gasteiger partial charge is 0.326 e. The zero-order chi connectivity index (χ0) is 16.7. The van der Waals surface area contributed by atoms with Crippen LogP contribution in [-0.4, -0.2) is 17.1 Å². The number of carboxylic acids is 1. The average Bonchev–Trinajstić information content (AvgIpc) is 2.93. The van der Waals surface area contributed by atoms with Gasteiger partial charge in [0.1, 0.15) is 6.04 Å². The van der Waals surface area contributed by atoms with E-state index in [0.29, 0.717) is 18.0 Å². The summed E-state index contributed by atoms with van der Waals surface area (Å²) in [7, 11) is 0. The molecule has 0 aromatic heterocycles. The minimum Gasteiger partial charge on any atom is -0.480 e. The van der Waals surface area contributed by atoms with Crippen molar-refractivity contribution >= 4 is 34.0 Å². The number of hydrogen-bond donors (Lipinski definition) is 1. The fourth-order valence-electron chi connectivity index (χ4n) is 3.49. The molecule has 120 valence electrons. The molecule has 0 amide bonds. The molecule has 0 aliphatic carbocycles. The number of nitrogens with zero attached hydrogens (tertiary/aromatic N) is 1. The third-order valence-corrected chi connectivity index (χ3v) is 4.89. The maximum absolute atomic E-state index is 11.7. The van der Waals surface area contributed by atoms with Crippen LogP contribution in [0.1, 0.15) is 11.1 Å². The molecule has 1 N–H and O–H groups in total. The summed E-state index contributed by atoms with van der Waals surface area (Å²) in [5.74, 6) is -0.803. The molecule has 24 heavy (non-hydrogen) atoms. The molecule has 1 heterocycles. The first-order valence-electron chi connectivity index (χ1n) is 7.88. The number of aliphatic carboxylic acids is 1. The quantitative estimate of drug-likeness (QED) is 0.764. The maximum atomic E-state index is 11.7. The lowest BCUT2D eigenvalue weighted by atomic mass is 10.0. The Bertz CT molecular complexity index is 933. The van der Waals surface area contributed by atoms with Crippen molar-refractivity contribution in [2.45, 2.75) is 19.0 Å². The van der Waals surface area contributed by atoms with Crippen molar-refractivity contribution in [3.05, 3.63) is 76.8 Å². The number of anilines is 1. The van der Waals surface area contributed by atoms with Crippen LogP contribution in [0, 0.1) is 0 Å². The summed E-state index contributed by atoms with van der Waals surface area (Å²) in [6.07, 6.45) is 0.507. The van der Waals surface area contributed by atoms with E-state index in [1.165, 1.54) is 0 Å². The molecule has 0 radical (unpaired) electrons. The van der Waals surface area contributed by atoms with Crippen molar-refractivity contribution in [3.8, 4) is 0 Å². The summed E-state index contributed by atoms with van der Waals surface area (Å²) in [4.78, 5) is 13.7. The van der Waals surface area contributed by atoms with Gasteiger partial charge in [0.05, 0.1) is 0 Å². The molecule has 4 rings (SSSR count). The Kier molecular flexibility index (Phi) is 3.66. The summed E-state index contributed by atoms with van der Waals surface area (Å²) in [5, 5.41) is 12.6. The summed E-state index contributed by atoms with van der Waals surface area (Å²) in [6.45, 7) is 0.547. The molecule has 4 heteroatoms. The Morgan fingerprint density at radius 2 is 1.92 bits per heavy atom. The van der Waals surface area contributed by atoms with Gasteiger partial charge in [-0.15, -0.1) is 0 Å². The molecule has 0 fully saturated rings. The van der Waals surface area contributed by atoms with E-state index >= 15 is 0 Å². The summed E-state index contributed by atoms with van der Waals surface area (Å²) in [5.41, 5.74) is 3.07. The zero-order valence-electron chi connectivity index (χ0n) is 12.9. The molecule has 0 saturated carbocycles. The number of hydrogen-bond acceptors (Lipinski definition) is 2. The SMILES string of the molecule is O=C(O)C1Cc2ccc(Cl)cc2N1Cc1cccc2ccccc12. The zero-order valence-corrected chi connectivity index (χ0v) is 13.7. The van der Waals surface area contributed by atoms with Gasteiger partial charge in [0.15, 0.2) is 0 Å². The average molecular weight is 338 g/mol. The van der Waals surface area contributed by atoms with Crippen LogP contribution < -0.4 is 4.90 Å². The van der Waals surface area contributed by atoms with Crippen LogP contribution in [0.4, 0.5) is 5.69 Å². The van der Waals surface area contributed by atoms with Gasteiger partial charge < -0.3 is 10.0 Å². The molecule has 0 spiro atoms. The van der Waals surface area contributed by atoms with Crippen molar-refractivity contribution in [1.29, 1.82) is 0 Å². The standard InChI is InChI=1S/C20H16ClNO2/c21-16-9-8-14-10-19(20(23)24)22(18(14)11-16)12-15-6-3-5-13-4-1-2-7-17(13)15/h1-9,11,19H,10,12H2,(H,23,24). The first-order valence-corrected chi connectivity index (χ1v) is 8.26. The van der Waals surface area contributed by atoms with Crippen LogP contribution in [0.5, 0.6) is 0 Å². The molecule has 3 aromatic carbocycles. The predicted molar refractivity (Wildman–Crippen MR) is 96.7 cm³/mol. The highest BCUT2D eigenvalue weighted by molar-refractivity contribution is 6.30. The van der Waals surface area contributed by atoms with E-state index in [-0.39, 0.29) is 0 Å². The number of halogens is 1. The Morgan fingerprint density at radius 1 is 1.12 bits per heavy atom. The largest absolute Gasteiger partial charge is 0.480 e. The van der Waals surface area contributed by atoms with E-state index in [2.05, 4.69) is 24.3 Å². The first kappa shape index (κ1) is 15.0. The van der Waals surface area contributed by atoms with Crippen molar-refractivity contribution in [2.75, 3.05) is 4.90 Å². The lowest BCUT2D eigenvalue weighted by Gasteiger charge is -2.25. The van der Waals surface area contributed by atoms with Gasteiger partial charge in [0.2, 0.25) is 0 Å². The van der Waals surface area contributed by atoms with Crippen LogP contribution in [0.2, 0.25) is 5.02 Å². The molecular weight excluding hydrogens is 322 g/mol. The number of benzene rings is 3. The monoisotopic (exact) mass is 337 g/mol. The lowest BCUT2D eigenvalue weighted by molar-refractivity contribution is -0.138. The molecular formula is C20H16ClNO2. The van der Waals surface area contributed by atoms with Crippen LogP contribution in [0.15, 0.2) is 60.7 Å². The van der Waals surface area contributed by atoms with E-state index in [1.54, 1.807) is 0 Å². The fourth-order valence-corrected chi connectivity index (χ4v) is 3.66. The first-order chi connectivity index (χ1) is 11.6. The van der Waals surface area contributed by atoms with E-state index in [4.69, 9.17) is 11.6 Å². The van der Waals surface area contributed by atoms with Crippen molar-refractivity contribution < 1.29 is 9.90 Å². The molecule has 1 aliphatic heterocycles. The van der Waals surface area contributed by atoms with Crippen LogP contribution >= 0.6 is 11.6 Å². The Morgan fingerprint density at radius 3 is 2.75 bits per heavy atom. The second kappa shape index (κ2) is 5.84. The van der Waals surface area contributed by atoms with Gasteiger partial charge in [-0.1, -0.05) is 60.1 Å². The van der Waals surface area contributed by atoms with E-state index in [9.17, 15) is 9.90 Å². The highest BCUT2D eigenvalue weighted by Crippen LogP contribution is 2.36. The molecule has 1 unspecified atom stereocenters. The summed E-state index contributed by atoms with van der Waals surface area (Å²) >= 11 is 6.14. The van der Waals surface area contributed by atoms with Crippen molar-refractivity contribution in [2.24, 2.45) is 0 Å². The Labute approximate surface area is 145 Å². The fraction of sp³-hybridized carbons (Fsp3) is 0.150. The highest BCUT2D eigenvalue weighted by Gasteiger charge is 2.34. The summed E-state index contributed by atoms with van der Waals surface area (Å²) in [6, 6.07) is 19.4. The topological polar surface area (TPSA) is 40.5 Å². The van der Waals surface area contributed by atoms with E-state index in [0.717, 1.165) is 27.6 Å². The third kappa shape index (κ3) is 2.51. The third-order valence-electron chi connectivity index (χ3n) is 4.65. The van der Waals surface area contributed by atoms with Gasteiger partial charge in [-0.05, 0) is 34.0 Å². The highest BCUT2D eigenvalue weighted by atomic mass is 35.5. The molecule has 0 saturated heterocycles. The molecule has 1 aliphatic rings. The number of carboxylic acid groups (broad SMARTS) is 1.